The Labute approximate surface area is 207 Å². The normalized spacial score (nSPS) is 15.4. The molecule has 0 saturated carbocycles. The predicted octanol–water partition coefficient (Wildman–Crippen LogP) is 5.14. The van der Waals surface area contributed by atoms with E-state index in [-0.39, 0.29) is 11.9 Å². The lowest BCUT2D eigenvalue weighted by molar-refractivity contribution is 0.0581. The van der Waals surface area contributed by atoms with Gasteiger partial charge in [-0.1, -0.05) is 17.7 Å². The Morgan fingerprint density at radius 2 is 1.79 bits per heavy atom. The molecule has 34 heavy (non-hydrogen) atoms. The molecule has 7 heteroatoms. The molecule has 1 amide bonds. The number of amides is 1. The third-order valence-corrected chi connectivity index (χ3v) is 7.07. The number of carbonyl (C=O) groups excluding carboxylic acids is 1. The van der Waals surface area contributed by atoms with E-state index in [4.69, 9.17) is 16.3 Å². The topological polar surface area (TPSA) is 50.6 Å². The van der Waals surface area contributed by atoms with Gasteiger partial charge in [0, 0.05) is 68.2 Å². The van der Waals surface area contributed by atoms with Crippen LogP contribution in [0.1, 0.15) is 46.4 Å². The van der Waals surface area contributed by atoms with E-state index >= 15 is 0 Å². The first-order chi connectivity index (χ1) is 16.4. The van der Waals surface area contributed by atoms with Gasteiger partial charge in [-0.25, -0.2) is 0 Å². The molecule has 1 aliphatic heterocycles. The van der Waals surface area contributed by atoms with Gasteiger partial charge in [0.25, 0.3) is 5.91 Å². The highest BCUT2D eigenvalue weighted by molar-refractivity contribution is 6.30. The molecule has 6 nitrogen and oxygen atoms in total. The van der Waals surface area contributed by atoms with Gasteiger partial charge in [0.1, 0.15) is 5.75 Å². The number of benzene rings is 2. The van der Waals surface area contributed by atoms with E-state index in [1.165, 1.54) is 16.7 Å². The molecule has 0 bridgehead atoms. The van der Waals surface area contributed by atoms with Crippen LogP contribution in [0.25, 0.3) is 0 Å². The molecule has 1 aromatic heterocycles. The van der Waals surface area contributed by atoms with Crippen LogP contribution in [0.15, 0.2) is 54.9 Å². The number of piperazine rings is 1. The van der Waals surface area contributed by atoms with Crippen molar-refractivity contribution in [1.29, 1.82) is 0 Å². The molecule has 3 aromatic rings. The maximum Gasteiger partial charge on any atom is 0.253 e. The Morgan fingerprint density at radius 3 is 2.47 bits per heavy atom. The molecule has 4 rings (SSSR count). The number of rotatable bonds is 8. The van der Waals surface area contributed by atoms with E-state index in [1.807, 2.05) is 21.8 Å². The van der Waals surface area contributed by atoms with Crippen LogP contribution in [0.5, 0.6) is 5.75 Å². The molecule has 180 valence electrons. The standard InChI is InChI=1S/C27H33ClN4O2/c1-20-21(2)26(34-19-5-14-32-13-4-12-29-32)11-10-25(20)22(3)30-15-17-31(18-16-30)27(33)23-6-8-24(28)9-7-23/h4,6-13,22H,5,14-19H2,1-3H3/t22-/m1/s1. The Bertz CT molecular complexity index is 1090. The van der Waals surface area contributed by atoms with Gasteiger partial charge in [0.05, 0.1) is 6.61 Å². The van der Waals surface area contributed by atoms with Crippen LogP contribution in [-0.2, 0) is 6.54 Å². The summed E-state index contributed by atoms with van der Waals surface area (Å²) in [5.74, 6) is 1.03. The number of hydrogen-bond acceptors (Lipinski definition) is 4. The van der Waals surface area contributed by atoms with Crippen molar-refractivity contribution >= 4 is 17.5 Å². The van der Waals surface area contributed by atoms with Crippen LogP contribution >= 0.6 is 11.6 Å². The number of halogens is 1. The van der Waals surface area contributed by atoms with Gasteiger partial charge in [-0.3, -0.25) is 14.4 Å². The molecular weight excluding hydrogens is 448 g/mol. The van der Waals surface area contributed by atoms with Gasteiger partial charge in [0.15, 0.2) is 0 Å². The molecule has 0 spiro atoms. The third kappa shape index (κ3) is 5.62. The summed E-state index contributed by atoms with van der Waals surface area (Å²) in [7, 11) is 0. The fourth-order valence-corrected chi connectivity index (χ4v) is 4.68. The molecule has 1 aliphatic rings. The van der Waals surface area contributed by atoms with Crippen LogP contribution in [0.3, 0.4) is 0 Å². The van der Waals surface area contributed by atoms with Crippen molar-refractivity contribution in [2.24, 2.45) is 0 Å². The molecule has 1 saturated heterocycles. The minimum Gasteiger partial charge on any atom is -0.493 e. The number of aromatic nitrogens is 2. The van der Waals surface area contributed by atoms with Gasteiger partial charge in [-0.15, -0.1) is 0 Å². The van der Waals surface area contributed by atoms with E-state index in [2.05, 4.69) is 42.9 Å². The summed E-state index contributed by atoms with van der Waals surface area (Å²) in [6.45, 7) is 11.2. The van der Waals surface area contributed by atoms with Gasteiger partial charge in [-0.05, 0) is 73.9 Å². The monoisotopic (exact) mass is 480 g/mol. The average Bonchev–Trinajstić information content (AvgIpc) is 3.38. The first kappa shape index (κ1) is 24.3. The van der Waals surface area contributed by atoms with E-state index < -0.39 is 0 Å². The van der Waals surface area contributed by atoms with Crippen molar-refractivity contribution < 1.29 is 9.53 Å². The maximum absolute atomic E-state index is 12.8. The minimum absolute atomic E-state index is 0.0741. The second-order valence-electron chi connectivity index (χ2n) is 8.89. The Balaban J connectivity index is 1.32. The average molecular weight is 481 g/mol. The van der Waals surface area contributed by atoms with Crippen molar-refractivity contribution in [2.45, 2.75) is 39.8 Å². The zero-order valence-electron chi connectivity index (χ0n) is 20.2. The highest BCUT2D eigenvalue weighted by atomic mass is 35.5. The first-order valence-electron chi connectivity index (χ1n) is 11.9. The molecule has 2 aromatic carbocycles. The van der Waals surface area contributed by atoms with Crippen LogP contribution in [-0.4, -0.2) is 58.3 Å². The Kier molecular flexibility index (Phi) is 7.91. The maximum atomic E-state index is 12.8. The highest BCUT2D eigenvalue weighted by Gasteiger charge is 2.26. The molecule has 1 fully saturated rings. The second kappa shape index (κ2) is 11.1. The number of nitrogens with zero attached hydrogens (tertiary/aromatic N) is 4. The number of carbonyl (C=O) groups is 1. The van der Waals surface area contributed by atoms with E-state index in [0.717, 1.165) is 44.9 Å². The fourth-order valence-electron chi connectivity index (χ4n) is 4.55. The number of ether oxygens (including phenoxy) is 1. The van der Waals surface area contributed by atoms with Crippen molar-refractivity contribution in [1.82, 2.24) is 19.6 Å². The largest absolute Gasteiger partial charge is 0.493 e. The smallest absolute Gasteiger partial charge is 0.253 e. The van der Waals surface area contributed by atoms with Crippen molar-refractivity contribution in [3.63, 3.8) is 0 Å². The van der Waals surface area contributed by atoms with Gasteiger partial charge < -0.3 is 9.64 Å². The number of hydrogen-bond donors (Lipinski definition) is 0. The molecular formula is C27H33ClN4O2. The molecule has 0 aliphatic carbocycles. The molecule has 0 unspecified atom stereocenters. The second-order valence-corrected chi connectivity index (χ2v) is 9.32. The molecule has 2 heterocycles. The van der Waals surface area contributed by atoms with Crippen LogP contribution < -0.4 is 4.74 Å². The molecule has 0 radical (unpaired) electrons. The third-order valence-electron chi connectivity index (χ3n) is 6.82. The Hall–Kier alpha value is -2.83. The molecule has 1 atom stereocenters. The Morgan fingerprint density at radius 1 is 1.06 bits per heavy atom. The summed E-state index contributed by atoms with van der Waals surface area (Å²) in [6.07, 6.45) is 4.68. The summed E-state index contributed by atoms with van der Waals surface area (Å²) in [5, 5.41) is 4.88. The van der Waals surface area contributed by atoms with Gasteiger partial charge >= 0.3 is 0 Å². The lowest BCUT2D eigenvalue weighted by Gasteiger charge is -2.39. The lowest BCUT2D eigenvalue weighted by Crippen LogP contribution is -2.49. The van der Waals surface area contributed by atoms with E-state index in [9.17, 15) is 4.79 Å². The van der Waals surface area contributed by atoms with E-state index in [1.54, 1.807) is 30.5 Å². The van der Waals surface area contributed by atoms with Crippen LogP contribution in [0.2, 0.25) is 5.02 Å². The van der Waals surface area contributed by atoms with Crippen molar-refractivity contribution in [2.75, 3.05) is 32.8 Å². The first-order valence-corrected chi connectivity index (χ1v) is 12.3. The lowest BCUT2D eigenvalue weighted by atomic mass is 9.96. The summed E-state index contributed by atoms with van der Waals surface area (Å²) in [4.78, 5) is 17.2. The predicted molar refractivity (Wildman–Crippen MR) is 136 cm³/mol. The van der Waals surface area contributed by atoms with Gasteiger partial charge in [0.2, 0.25) is 0 Å². The van der Waals surface area contributed by atoms with Crippen LogP contribution in [0.4, 0.5) is 0 Å². The minimum atomic E-state index is 0.0741. The van der Waals surface area contributed by atoms with E-state index in [0.29, 0.717) is 17.2 Å². The molecule has 0 N–H and O–H groups in total. The summed E-state index contributed by atoms with van der Waals surface area (Å²) in [6, 6.07) is 13.6. The van der Waals surface area contributed by atoms with Gasteiger partial charge in [-0.2, -0.15) is 5.10 Å². The summed E-state index contributed by atoms with van der Waals surface area (Å²) < 4.78 is 8.00. The number of aryl methyl sites for hydroxylation is 1. The SMILES string of the molecule is Cc1c(OCCCn2cccn2)ccc([C@@H](C)N2CCN(C(=O)c3ccc(Cl)cc3)CC2)c1C. The van der Waals surface area contributed by atoms with Crippen molar-refractivity contribution in [3.05, 3.63) is 82.1 Å². The van der Waals surface area contributed by atoms with Crippen molar-refractivity contribution in [3.8, 4) is 5.75 Å². The quantitative estimate of drug-likeness (QED) is 0.419. The summed E-state index contributed by atoms with van der Waals surface area (Å²) in [5.41, 5.74) is 4.48. The fraction of sp³-hybridized carbons (Fsp3) is 0.407. The zero-order valence-corrected chi connectivity index (χ0v) is 21.0. The van der Waals surface area contributed by atoms with Crippen LogP contribution in [0, 0.1) is 13.8 Å². The summed E-state index contributed by atoms with van der Waals surface area (Å²) >= 11 is 5.96. The zero-order chi connectivity index (χ0) is 24.1. The highest BCUT2D eigenvalue weighted by Crippen LogP contribution is 2.31.